The molecule has 1 aliphatic heterocycles. The molecule has 1 amide bonds. The van der Waals surface area contributed by atoms with E-state index < -0.39 is 18.0 Å². The molecule has 0 spiro atoms. The fourth-order valence-corrected chi connectivity index (χ4v) is 3.39. The highest BCUT2D eigenvalue weighted by Gasteiger charge is 2.44. The maximum absolute atomic E-state index is 12.8. The van der Waals surface area contributed by atoms with Gasteiger partial charge in [0.1, 0.15) is 0 Å². The molecule has 20 heavy (non-hydrogen) atoms. The highest BCUT2D eigenvalue weighted by molar-refractivity contribution is 5.79. The van der Waals surface area contributed by atoms with E-state index in [-0.39, 0.29) is 30.7 Å². The second-order valence-electron chi connectivity index (χ2n) is 6.29. The summed E-state index contributed by atoms with van der Waals surface area (Å²) >= 11 is 0. The van der Waals surface area contributed by atoms with Crippen LogP contribution in [0.5, 0.6) is 0 Å². The van der Waals surface area contributed by atoms with E-state index in [9.17, 15) is 18.0 Å². The Morgan fingerprint density at radius 3 is 2.55 bits per heavy atom. The minimum Gasteiger partial charge on any atom is -0.342 e. The Morgan fingerprint density at radius 2 is 2.00 bits per heavy atom. The molecule has 0 aromatic carbocycles. The van der Waals surface area contributed by atoms with Crippen LogP contribution in [-0.2, 0) is 4.79 Å². The molecule has 1 saturated heterocycles. The van der Waals surface area contributed by atoms with Crippen molar-refractivity contribution in [2.24, 2.45) is 23.5 Å². The Morgan fingerprint density at radius 1 is 1.30 bits per heavy atom. The Balaban J connectivity index is 1.93. The van der Waals surface area contributed by atoms with Gasteiger partial charge >= 0.3 is 6.18 Å². The number of halogens is 3. The first-order chi connectivity index (χ1) is 9.29. The third-order valence-corrected chi connectivity index (χ3v) is 4.77. The fourth-order valence-electron chi connectivity index (χ4n) is 3.39. The van der Waals surface area contributed by atoms with Crippen LogP contribution in [0.2, 0.25) is 0 Å². The number of alkyl halides is 3. The number of carbonyl (C=O) groups excluding carboxylic acids is 1. The van der Waals surface area contributed by atoms with E-state index >= 15 is 0 Å². The van der Waals surface area contributed by atoms with E-state index in [1.165, 1.54) is 0 Å². The van der Waals surface area contributed by atoms with Crippen LogP contribution in [0.1, 0.15) is 39.0 Å². The highest BCUT2D eigenvalue weighted by atomic mass is 19.4. The molecular weight excluding hydrogens is 269 g/mol. The van der Waals surface area contributed by atoms with Crippen LogP contribution in [0, 0.1) is 17.8 Å². The maximum Gasteiger partial charge on any atom is 0.391 e. The zero-order valence-electron chi connectivity index (χ0n) is 11.8. The monoisotopic (exact) mass is 292 g/mol. The van der Waals surface area contributed by atoms with E-state index in [1.807, 2.05) is 6.92 Å². The molecule has 2 N–H and O–H groups in total. The van der Waals surface area contributed by atoms with Crippen molar-refractivity contribution >= 4 is 5.91 Å². The molecule has 0 aromatic rings. The Hall–Kier alpha value is -0.780. The van der Waals surface area contributed by atoms with Crippen molar-refractivity contribution in [3.8, 4) is 0 Å². The third-order valence-electron chi connectivity index (χ3n) is 4.77. The molecule has 2 fully saturated rings. The van der Waals surface area contributed by atoms with Gasteiger partial charge in [0.15, 0.2) is 0 Å². The normalized spacial score (nSPS) is 33.2. The maximum atomic E-state index is 12.8. The Bertz CT molecular complexity index is 357. The molecule has 0 aromatic heterocycles. The van der Waals surface area contributed by atoms with Gasteiger partial charge in [0.2, 0.25) is 5.91 Å². The number of hydrogen-bond donors (Lipinski definition) is 1. The van der Waals surface area contributed by atoms with Crippen molar-refractivity contribution < 1.29 is 18.0 Å². The van der Waals surface area contributed by atoms with E-state index in [2.05, 4.69) is 0 Å². The molecule has 2 aliphatic rings. The van der Waals surface area contributed by atoms with Crippen LogP contribution < -0.4 is 5.73 Å². The zero-order chi connectivity index (χ0) is 14.9. The molecular formula is C14H23F3N2O. The van der Waals surface area contributed by atoms with Gasteiger partial charge in [-0.1, -0.05) is 6.42 Å². The van der Waals surface area contributed by atoms with Crippen molar-refractivity contribution in [3.63, 3.8) is 0 Å². The molecule has 4 atom stereocenters. The van der Waals surface area contributed by atoms with E-state index in [1.54, 1.807) is 4.90 Å². The first-order valence-corrected chi connectivity index (χ1v) is 7.40. The van der Waals surface area contributed by atoms with Gasteiger partial charge in [0.05, 0.1) is 5.92 Å². The lowest BCUT2D eigenvalue weighted by Crippen LogP contribution is -2.40. The number of rotatable bonds is 2. The summed E-state index contributed by atoms with van der Waals surface area (Å²) in [7, 11) is 0. The summed E-state index contributed by atoms with van der Waals surface area (Å²) in [5, 5.41) is 0. The number of hydrogen-bond acceptors (Lipinski definition) is 2. The molecule has 6 heteroatoms. The molecule has 2 rings (SSSR count). The summed E-state index contributed by atoms with van der Waals surface area (Å²) in [6, 6.07) is 0.0297. The van der Waals surface area contributed by atoms with Crippen LogP contribution >= 0.6 is 0 Å². The number of likely N-dealkylation sites (tertiary alicyclic amines) is 1. The predicted octanol–water partition coefficient (Wildman–Crippen LogP) is 2.55. The van der Waals surface area contributed by atoms with E-state index in [0.717, 1.165) is 6.42 Å². The standard InChI is InChI=1S/C14H23F3N2O/c1-9(18)11-5-6-19(8-11)13(20)10-3-2-4-12(7-10)14(15,16)17/h9-12H,2-8,18H2,1H3. The minimum absolute atomic E-state index is 0.0297. The van der Waals surface area contributed by atoms with Crippen LogP contribution in [-0.4, -0.2) is 36.1 Å². The minimum atomic E-state index is -4.17. The first kappa shape index (κ1) is 15.6. The van der Waals surface area contributed by atoms with Gasteiger partial charge in [-0.3, -0.25) is 4.79 Å². The first-order valence-electron chi connectivity index (χ1n) is 7.40. The topological polar surface area (TPSA) is 46.3 Å². The Labute approximate surface area is 117 Å². The average Bonchev–Trinajstić information content (AvgIpc) is 2.87. The number of nitrogens with zero attached hydrogens (tertiary/aromatic N) is 1. The van der Waals surface area contributed by atoms with Gasteiger partial charge in [-0.15, -0.1) is 0 Å². The van der Waals surface area contributed by atoms with E-state index in [0.29, 0.717) is 25.9 Å². The molecule has 0 radical (unpaired) electrons. The summed E-state index contributed by atoms with van der Waals surface area (Å²) < 4.78 is 38.3. The van der Waals surface area contributed by atoms with Crippen LogP contribution in [0.25, 0.3) is 0 Å². The predicted molar refractivity (Wildman–Crippen MR) is 69.8 cm³/mol. The lowest BCUT2D eigenvalue weighted by molar-refractivity contribution is -0.187. The van der Waals surface area contributed by atoms with Gasteiger partial charge in [-0.25, -0.2) is 0 Å². The summed E-state index contributed by atoms with van der Waals surface area (Å²) in [6.45, 7) is 3.15. The van der Waals surface area contributed by atoms with Crippen LogP contribution in [0.15, 0.2) is 0 Å². The van der Waals surface area contributed by atoms with Gasteiger partial charge in [-0.2, -0.15) is 13.2 Å². The summed E-state index contributed by atoms with van der Waals surface area (Å²) in [6.07, 6.45) is -2.11. The van der Waals surface area contributed by atoms with Crippen LogP contribution in [0.4, 0.5) is 13.2 Å². The van der Waals surface area contributed by atoms with Crippen molar-refractivity contribution in [3.05, 3.63) is 0 Å². The number of amides is 1. The Kier molecular flexibility index (Phi) is 4.62. The largest absolute Gasteiger partial charge is 0.391 e. The van der Waals surface area contributed by atoms with E-state index in [4.69, 9.17) is 5.73 Å². The second kappa shape index (κ2) is 5.92. The summed E-state index contributed by atoms with van der Waals surface area (Å²) in [5.74, 6) is -1.58. The molecule has 3 nitrogen and oxygen atoms in total. The molecule has 1 heterocycles. The molecule has 1 aliphatic carbocycles. The quantitative estimate of drug-likeness (QED) is 0.850. The van der Waals surface area contributed by atoms with Crippen molar-refractivity contribution in [2.75, 3.05) is 13.1 Å². The third kappa shape index (κ3) is 3.45. The summed E-state index contributed by atoms with van der Waals surface area (Å²) in [5.41, 5.74) is 5.83. The van der Waals surface area contributed by atoms with Gasteiger partial charge in [0.25, 0.3) is 0 Å². The van der Waals surface area contributed by atoms with Crippen molar-refractivity contribution in [1.82, 2.24) is 4.90 Å². The molecule has 4 unspecified atom stereocenters. The lowest BCUT2D eigenvalue weighted by atomic mass is 9.80. The van der Waals surface area contributed by atoms with Crippen molar-refractivity contribution in [1.29, 1.82) is 0 Å². The SMILES string of the molecule is CC(N)C1CCN(C(=O)C2CCCC(C(F)(F)F)C2)C1. The fraction of sp³-hybridized carbons (Fsp3) is 0.929. The molecule has 0 bridgehead atoms. The van der Waals surface area contributed by atoms with Gasteiger partial charge < -0.3 is 10.6 Å². The number of carbonyl (C=O) groups is 1. The second-order valence-corrected chi connectivity index (χ2v) is 6.29. The summed E-state index contributed by atoms with van der Waals surface area (Å²) in [4.78, 5) is 14.1. The van der Waals surface area contributed by atoms with Gasteiger partial charge in [0, 0.05) is 25.0 Å². The highest BCUT2D eigenvalue weighted by Crippen LogP contribution is 2.40. The molecule has 116 valence electrons. The average molecular weight is 292 g/mol. The van der Waals surface area contributed by atoms with Crippen molar-refractivity contribution in [2.45, 2.75) is 51.2 Å². The van der Waals surface area contributed by atoms with Gasteiger partial charge in [-0.05, 0) is 38.5 Å². The lowest BCUT2D eigenvalue weighted by Gasteiger charge is -2.32. The molecule has 1 saturated carbocycles. The smallest absolute Gasteiger partial charge is 0.342 e. The zero-order valence-corrected chi connectivity index (χ0v) is 11.8. The number of nitrogens with two attached hydrogens (primary N) is 1. The van der Waals surface area contributed by atoms with Crippen LogP contribution in [0.3, 0.4) is 0 Å².